The van der Waals surface area contributed by atoms with Crippen molar-refractivity contribution in [2.75, 3.05) is 11.5 Å². The fraction of sp³-hybridized carbons (Fsp3) is 0.0526. The third-order valence-electron chi connectivity index (χ3n) is 3.37. The highest BCUT2D eigenvalue weighted by Crippen LogP contribution is 2.29. The van der Waals surface area contributed by atoms with Gasteiger partial charge in [-0.05, 0) is 46.5 Å². The maximum Gasteiger partial charge on any atom is 0.0314 e. The van der Waals surface area contributed by atoms with E-state index in [9.17, 15) is 0 Å². The van der Waals surface area contributed by atoms with Crippen LogP contribution in [-0.2, 0) is 0 Å². The molecule has 0 heterocycles. The van der Waals surface area contributed by atoms with Crippen molar-refractivity contribution >= 4 is 11.4 Å². The molecule has 0 radical (unpaired) electrons. The van der Waals surface area contributed by atoms with Gasteiger partial charge in [0.1, 0.15) is 0 Å². The lowest BCUT2D eigenvalue weighted by Gasteiger charge is -2.10. The van der Waals surface area contributed by atoms with Crippen LogP contribution in [0.15, 0.2) is 72.8 Å². The van der Waals surface area contributed by atoms with Gasteiger partial charge in [-0.2, -0.15) is 0 Å². The van der Waals surface area contributed by atoms with E-state index in [1.807, 2.05) is 48.5 Å². The Morgan fingerprint density at radius 1 is 0.381 bits per heavy atom. The molecule has 0 bridgehead atoms. The average Bonchev–Trinajstić information content (AvgIpc) is 2.45. The zero-order chi connectivity index (χ0) is 13.9. The first-order chi connectivity index (χ1) is 9.72. The first kappa shape index (κ1) is 14.7. The third kappa shape index (κ3) is 3.23. The highest BCUT2D eigenvalue weighted by molar-refractivity contribution is 5.75. The lowest BCUT2D eigenvalue weighted by Crippen LogP contribution is -1.85. The molecule has 0 saturated carbocycles. The number of rotatable bonds is 1. The van der Waals surface area contributed by atoms with Gasteiger partial charge in [0.25, 0.3) is 0 Å². The summed E-state index contributed by atoms with van der Waals surface area (Å²) in [5.74, 6) is 0. The molecule has 106 valence electrons. The molecular weight excluding hydrogens is 256 g/mol. The van der Waals surface area contributed by atoms with Crippen LogP contribution in [0.3, 0.4) is 0 Å². The number of nitrogens with two attached hydrogens (primary N) is 2. The number of hydrogen-bond donors (Lipinski definition) is 2. The van der Waals surface area contributed by atoms with E-state index < -0.39 is 0 Å². The van der Waals surface area contributed by atoms with Crippen molar-refractivity contribution in [2.24, 2.45) is 0 Å². The molecule has 2 aliphatic rings. The number of fused-ring (bicyclic) bond motifs is 1. The molecule has 0 aliphatic heterocycles. The molecule has 0 fully saturated rings. The van der Waals surface area contributed by atoms with E-state index in [1.165, 1.54) is 11.1 Å². The zero-order valence-electron chi connectivity index (χ0n) is 11.1. The van der Waals surface area contributed by atoms with Gasteiger partial charge in [0.15, 0.2) is 0 Å². The Bertz CT molecular complexity index is 632. The molecule has 2 aromatic rings. The molecule has 0 aromatic heterocycles. The van der Waals surface area contributed by atoms with Crippen molar-refractivity contribution in [3.05, 3.63) is 72.8 Å². The predicted octanol–water partition coefficient (Wildman–Crippen LogP) is 4.82. The van der Waals surface area contributed by atoms with Gasteiger partial charge >= 0.3 is 0 Å². The molecule has 0 saturated heterocycles. The lowest BCUT2D eigenvalue weighted by atomic mass is 9.95. The Morgan fingerprint density at radius 3 is 0.762 bits per heavy atom. The van der Waals surface area contributed by atoms with Gasteiger partial charge in [0, 0.05) is 11.4 Å². The van der Waals surface area contributed by atoms with Gasteiger partial charge in [-0.1, -0.05) is 56.0 Å². The summed E-state index contributed by atoms with van der Waals surface area (Å²) in [6.07, 6.45) is 0. The van der Waals surface area contributed by atoms with Crippen molar-refractivity contribution in [2.45, 2.75) is 7.43 Å². The Labute approximate surface area is 126 Å². The molecule has 2 aromatic carbocycles. The second-order valence-corrected chi connectivity index (χ2v) is 4.82. The first-order valence-corrected chi connectivity index (χ1v) is 6.54. The van der Waals surface area contributed by atoms with E-state index in [0.29, 0.717) is 0 Å². The summed E-state index contributed by atoms with van der Waals surface area (Å²) >= 11 is 0. The van der Waals surface area contributed by atoms with Crippen molar-refractivity contribution in [1.29, 1.82) is 0 Å². The second kappa shape index (κ2) is 6.14. The van der Waals surface area contributed by atoms with Crippen molar-refractivity contribution < 1.29 is 0 Å². The topological polar surface area (TPSA) is 52.0 Å². The largest absolute Gasteiger partial charge is 0.399 e. The van der Waals surface area contributed by atoms with Crippen LogP contribution >= 0.6 is 0 Å². The maximum absolute atomic E-state index is 5.61. The molecule has 4 rings (SSSR count). The van der Waals surface area contributed by atoms with Crippen LogP contribution in [-0.4, -0.2) is 0 Å². The van der Waals surface area contributed by atoms with Crippen LogP contribution in [0.5, 0.6) is 0 Å². The fourth-order valence-electron chi connectivity index (χ4n) is 2.01. The number of nitrogen functional groups attached to an aromatic ring is 2. The normalized spacial score (nSPS) is 9.90. The van der Waals surface area contributed by atoms with Crippen LogP contribution in [0.2, 0.25) is 0 Å². The number of anilines is 2. The molecule has 21 heavy (non-hydrogen) atoms. The summed E-state index contributed by atoms with van der Waals surface area (Å²) < 4.78 is 0. The molecule has 0 amide bonds. The van der Waals surface area contributed by atoms with E-state index in [1.54, 1.807) is 0 Å². The summed E-state index contributed by atoms with van der Waals surface area (Å²) in [6.45, 7) is 0. The van der Waals surface area contributed by atoms with Crippen LogP contribution < -0.4 is 11.5 Å². The van der Waals surface area contributed by atoms with Crippen molar-refractivity contribution in [3.8, 4) is 22.3 Å². The van der Waals surface area contributed by atoms with Crippen LogP contribution in [0, 0.1) is 0 Å². The molecule has 0 spiro atoms. The zero-order valence-corrected chi connectivity index (χ0v) is 11.1. The van der Waals surface area contributed by atoms with Crippen LogP contribution in [0.4, 0.5) is 11.4 Å². The number of benzene rings is 3. The Morgan fingerprint density at radius 2 is 0.571 bits per heavy atom. The van der Waals surface area contributed by atoms with E-state index in [2.05, 4.69) is 24.3 Å². The monoisotopic (exact) mass is 276 g/mol. The fourth-order valence-corrected chi connectivity index (χ4v) is 2.01. The molecule has 2 aliphatic carbocycles. The Kier molecular flexibility index (Phi) is 4.29. The van der Waals surface area contributed by atoms with Crippen LogP contribution in [0.1, 0.15) is 7.43 Å². The van der Waals surface area contributed by atoms with Gasteiger partial charge in [0.2, 0.25) is 0 Å². The molecule has 2 nitrogen and oxygen atoms in total. The highest BCUT2D eigenvalue weighted by atomic mass is 14.5. The Hall–Kier alpha value is -2.74. The van der Waals surface area contributed by atoms with Gasteiger partial charge in [0.05, 0.1) is 0 Å². The van der Waals surface area contributed by atoms with E-state index in [4.69, 9.17) is 11.5 Å². The molecule has 0 atom stereocenters. The van der Waals surface area contributed by atoms with E-state index in [0.717, 1.165) is 22.5 Å². The summed E-state index contributed by atoms with van der Waals surface area (Å²) in [4.78, 5) is 0. The van der Waals surface area contributed by atoms with Crippen molar-refractivity contribution in [1.82, 2.24) is 0 Å². The minimum absolute atomic E-state index is 0. The standard InChI is InChI=1S/C12H12N2.C6H4.CH4/c13-11-5-1-9(2-6-11)10-3-7-12(14)8-4-10;1-2-6-4-3-5(1)6;/h1-8H,13-14H2;1-4H;1H4. The number of hydrogen-bond acceptors (Lipinski definition) is 2. The first-order valence-electron chi connectivity index (χ1n) is 6.54. The van der Waals surface area contributed by atoms with E-state index >= 15 is 0 Å². The molecule has 0 unspecified atom stereocenters. The minimum atomic E-state index is 0. The highest BCUT2D eigenvalue weighted by Gasteiger charge is 2.04. The summed E-state index contributed by atoms with van der Waals surface area (Å²) in [6, 6.07) is 24.1. The quantitative estimate of drug-likeness (QED) is 0.490. The molecular formula is C19H20N2. The maximum atomic E-state index is 5.61. The average molecular weight is 276 g/mol. The van der Waals surface area contributed by atoms with Gasteiger partial charge < -0.3 is 11.5 Å². The van der Waals surface area contributed by atoms with Gasteiger partial charge in [-0.25, -0.2) is 0 Å². The van der Waals surface area contributed by atoms with Crippen molar-refractivity contribution in [3.63, 3.8) is 0 Å². The summed E-state index contributed by atoms with van der Waals surface area (Å²) in [7, 11) is 0. The smallest absolute Gasteiger partial charge is 0.0314 e. The Balaban J connectivity index is 0.000000191. The predicted molar refractivity (Wildman–Crippen MR) is 92.9 cm³/mol. The van der Waals surface area contributed by atoms with Crippen LogP contribution in [0.25, 0.3) is 22.3 Å². The lowest BCUT2D eigenvalue weighted by molar-refractivity contribution is 1.55. The SMILES string of the molecule is C.Nc1ccc(-c2ccc(N)cc2)cc1.c1cc2ccc1-2. The van der Waals surface area contributed by atoms with Gasteiger partial charge in [-0.15, -0.1) is 0 Å². The minimum Gasteiger partial charge on any atom is -0.399 e. The van der Waals surface area contributed by atoms with Gasteiger partial charge in [-0.3, -0.25) is 0 Å². The third-order valence-corrected chi connectivity index (χ3v) is 3.37. The summed E-state index contributed by atoms with van der Waals surface area (Å²) in [5.41, 5.74) is 17.9. The summed E-state index contributed by atoms with van der Waals surface area (Å²) in [5, 5.41) is 0. The molecule has 4 N–H and O–H groups in total. The van der Waals surface area contributed by atoms with E-state index in [-0.39, 0.29) is 7.43 Å². The molecule has 2 heteroatoms. The second-order valence-electron chi connectivity index (χ2n) is 4.82.